The summed E-state index contributed by atoms with van der Waals surface area (Å²) >= 11 is 0. The van der Waals surface area contributed by atoms with Gasteiger partial charge >= 0.3 is 0 Å². The first-order valence-corrected chi connectivity index (χ1v) is 26.6. The maximum atomic E-state index is 13.6. The topological polar surface area (TPSA) is 459 Å². The maximum Gasteiger partial charge on any atom is 0.260 e. The molecule has 0 radical (unpaired) electrons. The summed E-state index contributed by atoms with van der Waals surface area (Å²) in [6.07, 6.45) is -6.63. The Labute approximate surface area is 495 Å². The second-order valence-corrected chi connectivity index (χ2v) is 21.2. The van der Waals surface area contributed by atoms with Crippen LogP contribution in [0.2, 0.25) is 0 Å². The van der Waals surface area contributed by atoms with E-state index in [1.807, 2.05) is 6.92 Å². The zero-order valence-electron chi connectivity index (χ0n) is 47.5. The highest BCUT2D eigenvalue weighted by Crippen LogP contribution is 2.55. The third-order valence-corrected chi connectivity index (χ3v) is 16.5. The van der Waals surface area contributed by atoms with E-state index in [4.69, 9.17) is 9.47 Å². The van der Waals surface area contributed by atoms with Crippen LogP contribution >= 0.6 is 0 Å². The lowest BCUT2D eigenvalue weighted by Gasteiger charge is -2.27. The molecule has 2 spiro atoms. The molecule has 0 aliphatic heterocycles. The van der Waals surface area contributed by atoms with Gasteiger partial charge in [-0.2, -0.15) is 0 Å². The van der Waals surface area contributed by atoms with E-state index >= 15 is 0 Å². The molecule has 4 aromatic rings. The van der Waals surface area contributed by atoms with E-state index in [-0.39, 0.29) is 82.7 Å². The van der Waals surface area contributed by atoms with E-state index < -0.39 is 178 Å². The molecule has 6 atom stereocenters. The number of benzene rings is 2. The molecule has 0 bridgehead atoms. The molecule has 0 saturated heterocycles. The number of aromatic hydroxyl groups is 2. The molecule has 27 heteroatoms. The van der Waals surface area contributed by atoms with Gasteiger partial charge in [0.15, 0.2) is 28.6 Å². The number of pyridine rings is 2. The Balaban J connectivity index is 0.000000209. The van der Waals surface area contributed by atoms with Crippen LogP contribution in [0.1, 0.15) is 78.7 Å². The highest BCUT2D eigenvalue weighted by atomic mass is 16.5. The number of nitrogens with one attached hydrogen (secondary N) is 2. The smallest absolute Gasteiger partial charge is 0.260 e. The molecule has 2 heterocycles. The van der Waals surface area contributed by atoms with Crippen LogP contribution in [0, 0.1) is 20.9 Å². The molecule has 0 saturated carbocycles. The van der Waals surface area contributed by atoms with Gasteiger partial charge < -0.3 is 80.0 Å². The Bertz CT molecular complexity index is 5370. The van der Waals surface area contributed by atoms with Crippen LogP contribution < -0.4 is 84.9 Å². The van der Waals surface area contributed by atoms with Crippen LogP contribution in [0.5, 0.6) is 23.0 Å². The third kappa shape index (κ3) is 9.22. The number of H-pyrrole nitrogens is 2. The van der Waals surface area contributed by atoms with Gasteiger partial charge in [0.1, 0.15) is 63.7 Å². The van der Waals surface area contributed by atoms with Crippen molar-refractivity contribution in [1.29, 1.82) is 0 Å². The average Bonchev–Trinajstić information content (AvgIpc) is 1.54. The number of fused-ring (bicyclic) bond motifs is 8. The molecule has 12 N–H and O–H groups in total. The number of aldehydes is 1. The number of aromatic nitrogens is 2. The summed E-state index contributed by atoms with van der Waals surface area (Å²) in [7, 11) is 7.13. The van der Waals surface area contributed by atoms with Crippen LogP contribution in [0.4, 0.5) is 0 Å². The van der Waals surface area contributed by atoms with E-state index in [1.54, 1.807) is 21.3 Å². The van der Waals surface area contributed by atoms with Crippen molar-refractivity contribution in [2.75, 3.05) is 42.2 Å². The van der Waals surface area contributed by atoms with Crippen molar-refractivity contribution < 1.29 is 74.8 Å². The van der Waals surface area contributed by atoms with E-state index in [2.05, 4.69) is 19.4 Å². The van der Waals surface area contributed by atoms with Gasteiger partial charge in [0, 0.05) is 51.2 Å². The van der Waals surface area contributed by atoms with Gasteiger partial charge in [0.2, 0.25) is 32.6 Å². The minimum absolute atomic E-state index is 0. The number of hydrogen-bond acceptors (Lipinski definition) is 25. The number of aryl methyl sites for hydroxylation is 2. The molecule has 0 fully saturated rings. The average molecular weight is 1230 g/mol. The fourth-order valence-electron chi connectivity index (χ4n) is 12.4. The van der Waals surface area contributed by atoms with Crippen LogP contribution in [0.3, 0.4) is 0 Å². The summed E-state index contributed by atoms with van der Waals surface area (Å²) < 4.78 is 18.5. The van der Waals surface area contributed by atoms with Crippen molar-refractivity contribution in [3.05, 3.63) is 214 Å². The van der Waals surface area contributed by atoms with Crippen LogP contribution in [0.15, 0.2) is 84.3 Å². The fourth-order valence-corrected chi connectivity index (χ4v) is 12.4. The van der Waals surface area contributed by atoms with Gasteiger partial charge in [-0.1, -0.05) is 19.6 Å². The number of carbonyl (C=O) groups is 1. The molecular formula is C62H58N2O25. The van der Waals surface area contributed by atoms with Gasteiger partial charge in [0.25, 0.3) is 11.1 Å². The molecule has 12 rings (SSSR count). The summed E-state index contributed by atoms with van der Waals surface area (Å²) in [5.41, 5.74) is -14.5. The number of ether oxygens (including phenoxy) is 4. The van der Waals surface area contributed by atoms with Crippen molar-refractivity contribution in [3.63, 3.8) is 0 Å². The van der Waals surface area contributed by atoms with Gasteiger partial charge in [-0.3, -0.25) is 52.7 Å². The zero-order valence-corrected chi connectivity index (χ0v) is 47.5. The molecule has 2 aromatic heterocycles. The molecular weight excluding hydrogens is 1170 g/mol. The van der Waals surface area contributed by atoms with Crippen molar-refractivity contribution in [2.45, 2.75) is 82.2 Å². The first kappa shape index (κ1) is 65.0. The van der Waals surface area contributed by atoms with Crippen LogP contribution in [-0.4, -0.2) is 128 Å². The first-order valence-electron chi connectivity index (χ1n) is 26.6. The normalized spacial score (nSPS) is 18.1. The number of aliphatic hydroxyl groups excluding tert-OH is 8. The van der Waals surface area contributed by atoms with E-state index in [9.17, 15) is 104 Å². The lowest BCUT2D eigenvalue weighted by Crippen LogP contribution is -2.51. The summed E-state index contributed by atoms with van der Waals surface area (Å²) in [5, 5.41) is 103. The van der Waals surface area contributed by atoms with E-state index in [1.165, 1.54) is 31.2 Å². The number of carbonyl (C=O) groups excluding carboxylic acids is 1. The lowest BCUT2D eigenvalue weighted by molar-refractivity contribution is -0.102. The van der Waals surface area contributed by atoms with Crippen LogP contribution in [0.25, 0.3) is 44.6 Å². The van der Waals surface area contributed by atoms with Crippen LogP contribution in [-0.2, 0) is 33.1 Å². The SMILES string of the molecule is C.CCOC.COC.COc1cc(=O)c2c(=O)c3c(c(=O)c=2c1=O)=C(O)C1(CCc2cc4cc(C(O)C(O)C(O)C(C)O)[nH]c(=O)c4c(O)c21)C=3O.COc1cc(=O)c2c(=O)c3c(c(=O)c=2c1=O)=C(O)C1(CCc2cc4cc(C=O)[nH]c(=O)c4c(O)c21)C=3O. The Morgan fingerprint density at radius 1 is 0.517 bits per heavy atom. The molecule has 0 amide bonds. The second kappa shape index (κ2) is 23.6. The summed E-state index contributed by atoms with van der Waals surface area (Å²) in [6, 6.07) is 7.00. The Morgan fingerprint density at radius 2 is 0.876 bits per heavy atom. The molecule has 466 valence electrons. The Hall–Kier alpha value is -10.0. The Kier molecular flexibility index (Phi) is 17.2. The van der Waals surface area contributed by atoms with Crippen molar-refractivity contribution in [2.24, 2.45) is 0 Å². The number of methoxy groups -OCH3 is 4. The predicted molar refractivity (Wildman–Crippen MR) is 318 cm³/mol. The minimum Gasteiger partial charge on any atom is -0.510 e. The number of phenols is 2. The van der Waals surface area contributed by atoms with Crippen molar-refractivity contribution in [1.82, 2.24) is 9.97 Å². The molecule has 8 aliphatic rings. The molecule has 2 aromatic carbocycles. The number of aliphatic hydroxyl groups is 8. The molecule has 8 aliphatic carbocycles. The highest BCUT2D eigenvalue weighted by Gasteiger charge is 2.55. The largest absolute Gasteiger partial charge is 0.510 e. The summed E-state index contributed by atoms with van der Waals surface area (Å²) in [6.45, 7) is 3.96. The molecule has 27 nitrogen and oxygen atoms in total. The second-order valence-electron chi connectivity index (χ2n) is 21.2. The highest BCUT2D eigenvalue weighted by molar-refractivity contribution is 5.97. The number of rotatable bonds is 8. The quantitative estimate of drug-likeness (QED) is 0.0658. The zero-order chi connectivity index (χ0) is 64.8. The van der Waals surface area contributed by atoms with Gasteiger partial charge in [-0.15, -0.1) is 0 Å². The van der Waals surface area contributed by atoms with Gasteiger partial charge in [0.05, 0.1) is 84.2 Å². The lowest BCUT2D eigenvalue weighted by atomic mass is 9.78. The van der Waals surface area contributed by atoms with E-state index in [0.717, 1.165) is 33.0 Å². The van der Waals surface area contributed by atoms with Gasteiger partial charge in [-0.25, -0.2) is 0 Å². The third-order valence-electron chi connectivity index (χ3n) is 16.5. The summed E-state index contributed by atoms with van der Waals surface area (Å²) in [5.74, 6) is -5.55. The van der Waals surface area contributed by atoms with Crippen molar-refractivity contribution in [3.8, 4) is 23.0 Å². The minimum atomic E-state index is -2.08. The number of phenolic OH excluding ortho intramolecular Hbond substituents is 2. The fraction of sp³-hybridized carbons (Fsp3) is 0.306. The standard InChI is InChI=1S/C30H25NO13.C26H15NO10.C3H8O.C2H6O.CH4/c1-8(32)20(34)26(40)21(35)11-6-10-5-9-3-4-30(19(9)25(39)14(10)29(43)31-11)27(41)17-18(28(30)42)24(38)16-15(23(17)37)12(33)7-13(44-2)22(16)36;1-37-12-6-11(29)14-15(19(12)30)21(32)17-16(20(14)31)23(34)26(24(17)35)3-2-8-4-9-5-10(7-28)27-25(36)13(9)22(33)18(8)26;1-3-4-2;1-3-2;/h5-8,20-21,26,32,34-35,39-42H,3-4H2,1-2H3,(H,31,43);4-7,33-35H,2-3H2,1H3,(H,27,36);3H2,1-2H3;1-2H3;1H4. The van der Waals surface area contributed by atoms with Gasteiger partial charge in [-0.05, 0) is 73.6 Å². The monoisotopic (exact) mass is 1230 g/mol. The molecule has 6 unspecified atom stereocenters. The maximum absolute atomic E-state index is 13.6. The Morgan fingerprint density at radius 3 is 1.22 bits per heavy atom. The first-order chi connectivity index (χ1) is 41.6. The molecule has 89 heavy (non-hydrogen) atoms. The summed E-state index contributed by atoms with van der Waals surface area (Å²) in [4.78, 5) is 147. The number of hydrogen-bond donors (Lipinski definition) is 12. The van der Waals surface area contributed by atoms with E-state index in [0.29, 0.717) is 11.8 Å². The predicted octanol–water partition coefficient (Wildman–Crippen LogP) is -3.47. The number of aromatic amines is 2. The van der Waals surface area contributed by atoms with Crippen molar-refractivity contribution >= 4 is 50.9 Å².